The highest BCUT2D eigenvalue weighted by Crippen LogP contribution is 2.67. The normalized spacial score (nSPS) is 33.2. The summed E-state index contributed by atoms with van der Waals surface area (Å²) in [4.78, 5) is 9.32. The molecule has 0 spiro atoms. The molecule has 35 heavy (non-hydrogen) atoms. The molecule has 3 fully saturated rings. The lowest BCUT2D eigenvalue weighted by atomic mass is 10.0. The van der Waals surface area contributed by atoms with E-state index in [1.165, 1.54) is 17.8 Å². The van der Waals surface area contributed by atoms with E-state index in [4.69, 9.17) is 0 Å². The number of fused-ring (bicyclic) bond motifs is 2. The molecule has 186 valence electrons. The number of rotatable bonds is 8. The number of aliphatic hydroxyl groups is 3. The van der Waals surface area contributed by atoms with Crippen LogP contribution in [0.4, 0.5) is 14.6 Å². The van der Waals surface area contributed by atoms with Crippen LogP contribution in [0.5, 0.6) is 0 Å². The first kappa shape index (κ1) is 23.0. The number of anilines is 1. The average molecular weight is 505 g/mol. The molecule has 1 unspecified atom stereocenters. The van der Waals surface area contributed by atoms with E-state index in [0.29, 0.717) is 34.1 Å². The van der Waals surface area contributed by atoms with Gasteiger partial charge in [-0.15, -0.1) is 5.10 Å². The summed E-state index contributed by atoms with van der Waals surface area (Å²) < 4.78 is 28.6. The largest absolute Gasteiger partial charge is 0.396 e. The molecule has 3 saturated carbocycles. The maximum Gasteiger partial charge on any atom is 0.191 e. The number of aromatic nitrogens is 5. The smallest absolute Gasteiger partial charge is 0.191 e. The second-order valence-electron chi connectivity index (χ2n) is 9.80. The molecule has 12 heteroatoms. The standard InChI is InChI=1S/C23H26F2N6O3S/c1-2-5-35-22-27-20(26-15-7-11(15)10-3-4-13(24)14(25)6-10)16-21(28-22)31(30-29-16)17-12-8-23(12,9-32)19(34)18(17)33/h3-4,6,11-12,15,17-19,32-34H,2,5,7-9H2,1H3,(H,26,27,28)/t11-,12+,15+,17+,18?,19-,23+/m0/s1. The summed E-state index contributed by atoms with van der Waals surface area (Å²) in [6.07, 6.45) is 0.126. The lowest BCUT2D eigenvalue weighted by molar-refractivity contribution is -0.0315. The molecule has 3 aliphatic carbocycles. The van der Waals surface area contributed by atoms with Gasteiger partial charge in [0.25, 0.3) is 0 Å². The van der Waals surface area contributed by atoms with Gasteiger partial charge in [-0.25, -0.2) is 23.4 Å². The number of hydrogen-bond donors (Lipinski definition) is 4. The molecule has 1 aromatic carbocycles. The summed E-state index contributed by atoms with van der Waals surface area (Å²) in [7, 11) is 0. The highest BCUT2D eigenvalue weighted by Gasteiger charge is 2.71. The maximum atomic E-state index is 13.7. The van der Waals surface area contributed by atoms with E-state index in [-0.39, 0.29) is 24.5 Å². The molecular weight excluding hydrogens is 478 g/mol. The van der Waals surface area contributed by atoms with Gasteiger partial charge in [-0.3, -0.25) is 0 Å². The van der Waals surface area contributed by atoms with E-state index in [9.17, 15) is 24.1 Å². The van der Waals surface area contributed by atoms with E-state index >= 15 is 0 Å². The fourth-order valence-electron chi connectivity index (χ4n) is 5.52. The zero-order valence-corrected chi connectivity index (χ0v) is 19.8. The third kappa shape index (κ3) is 3.61. The number of aliphatic hydroxyl groups excluding tert-OH is 3. The van der Waals surface area contributed by atoms with Crippen molar-refractivity contribution in [3.05, 3.63) is 35.4 Å². The zero-order valence-electron chi connectivity index (χ0n) is 19.0. The van der Waals surface area contributed by atoms with Gasteiger partial charge in [-0.2, -0.15) is 0 Å². The van der Waals surface area contributed by atoms with Gasteiger partial charge in [0.05, 0.1) is 18.8 Å². The van der Waals surface area contributed by atoms with Gasteiger partial charge in [0, 0.05) is 23.1 Å². The quantitative estimate of drug-likeness (QED) is 0.270. The Morgan fingerprint density at radius 2 is 2.06 bits per heavy atom. The minimum atomic E-state index is -1.09. The lowest BCUT2D eigenvalue weighted by Gasteiger charge is -2.22. The molecule has 0 radical (unpaired) electrons. The molecular formula is C23H26F2N6O3S. The van der Waals surface area contributed by atoms with Gasteiger partial charge >= 0.3 is 0 Å². The number of hydrogen-bond acceptors (Lipinski definition) is 9. The van der Waals surface area contributed by atoms with Crippen molar-refractivity contribution in [2.75, 3.05) is 17.7 Å². The summed E-state index contributed by atoms with van der Waals surface area (Å²) in [5.41, 5.74) is 0.892. The number of nitrogens with one attached hydrogen (secondary N) is 1. The number of nitrogens with zero attached hydrogens (tertiary/aromatic N) is 5. The Kier molecular flexibility index (Phi) is 5.47. The number of benzene rings is 1. The van der Waals surface area contributed by atoms with E-state index in [1.54, 1.807) is 10.7 Å². The summed E-state index contributed by atoms with van der Waals surface area (Å²) in [6.45, 7) is 1.86. The lowest BCUT2D eigenvalue weighted by Crippen LogP contribution is -2.36. The second kappa shape index (κ2) is 8.32. The molecule has 0 saturated heterocycles. The van der Waals surface area contributed by atoms with Crippen LogP contribution in [0.1, 0.15) is 43.7 Å². The van der Waals surface area contributed by atoms with Gasteiger partial charge in [-0.05, 0) is 42.9 Å². The molecule has 3 aromatic rings. The fraction of sp³-hybridized carbons (Fsp3) is 0.565. The van der Waals surface area contributed by atoms with Gasteiger partial charge in [-0.1, -0.05) is 30.0 Å². The van der Waals surface area contributed by atoms with Crippen LogP contribution in [-0.4, -0.2) is 70.9 Å². The fourth-order valence-corrected chi connectivity index (χ4v) is 6.21. The van der Waals surface area contributed by atoms with Crippen LogP contribution in [-0.2, 0) is 0 Å². The Hall–Kier alpha value is -2.41. The van der Waals surface area contributed by atoms with Gasteiger partial charge in [0.15, 0.2) is 33.8 Å². The van der Waals surface area contributed by atoms with E-state index < -0.39 is 35.3 Å². The SMILES string of the molecule is CCCSc1nc(N[C@@H]2C[C@H]2c2ccc(F)c(F)c2)c2nnn([C@H]3C(O)[C@H](O)[C@@]4(CO)C[C@H]34)c2n1. The Labute approximate surface area is 204 Å². The van der Waals surface area contributed by atoms with Crippen LogP contribution in [0.3, 0.4) is 0 Å². The first-order valence-corrected chi connectivity index (χ1v) is 12.8. The van der Waals surface area contributed by atoms with E-state index in [0.717, 1.165) is 24.7 Å². The Morgan fingerprint density at radius 1 is 1.23 bits per heavy atom. The van der Waals surface area contributed by atoms with E-state index in [1.807, 2.05) is 0 Å². The first-order chi connectivity index (χ1) is 16.9. The van der Waals surface area contributed by atoms with E-state index in [2.05, 4.69) is 32.5 Å². The van der Waals surface area contributed by atoms with Gasteiger partial charge in [0.1, 0.15) is 6.10 Å². The van der Waals surface area contributed by atoms with Crippen LogP contribution < -0.4 is 5.32 Å². The molecule has 4 N–H and O–H groups in total. The minimum absolute atomic E-state index is 0.0142. The molecule has 0 amide bonds. The number of halogens is 2. The van der Waals surface area contributed by atoms with Crippen molar-refractivity contribution in [3.8, 4) is 0 Å². The predicted molar refractivity (Wildman–Crippen MR) is 124 cm³/mol. The van der Waals surface area contributed by atoms with Crippen molar-refractivity contribution in [2.24, 2.45) is 11.3 Å². The van der Waals surface area contributed by atoms with Crippen molar-refractivity contribution in [1.82, 2.24) is 25.0 Å². The molecule has 7 atom stereocenters. The third-order valence-electron chi connectivity index (χ3n) is 7.65. The van der Waals surface area contributed by atoms with Crippen LogP contribution in [0, 0.1) is 23.0 Å². The van der Waals surface area contributed by atoms with Crippen molar-refractivity contribution in [3.63, 3.8) is 0 Å². The predicted octanol–water partition coefficient (Wildman–Crippen LogP) is 2.24. The summed E-state index contributed by atoms with van der Waals surface area (Å²) in [5, 5.41) is 43.6. The second-order valence-corrected chi connectivity index (χ2v) is 10.9. The molecule has 2 aromatic heterocycles. The Balaban J connectivity index is 1.33. The molecule has 9 nitrogen and oxygen atoms in total. The van der Waals surface area contributed by atoms with Gasteiger partial charge in [0.2, 0.25) is 0 Å². The van der Waals surface area contributed by atoms with Crippen molar-refractivity contribution in [2.45, 2.75) is 61.6 Å². The molecule has 3 aliphatic rings. The number of thioether (sulfide) groups is 1. The molecule has 2 heterocycles. The molecule has 6 rings (SSSR count). The van der Waals surface area contributed by atoms with Crippen molar-refractivity contribution < 1.29 is 24.1 Å². The highest BCUT2D eigenvalue weighted by atomic mass is 32.2. The highest BCUT2D eigenvalue weighted by molar-refractivity contribution is 7.99. The van der Waals surface area contributed by atoms with Crippen molar-refractivity contribution >= 4 is 28.7 Å². The monoisotopic (exact) mass is 504 g/mol. The minimum Gasteiger partial charge on any atom is -0.396 e. The first-order valence-electron chi connectivity index (χ1n) is 11.8. The molecule has 0 bridgehead atoms. The third-order valence-corrected chi connectivity index (χ3v) is 8.71. The maximum absolute atomic E-state index is 13.7. The Morgan fingerprint density at radius 3 is 2.77 bits per heavy atom. The van der Waals surface area contributed by atoms with Crippen LogP contribution >= 0.6 is 11.8 Å². The van der Waals surface area contributed by atoms with Crippen LogP contribution in [0.2, 0.25) is 0 Å². The van der Waals surface area contributed by atoms with Crippen molar-refractivity contribution in [1.29, 1.82) is 0 Å². The zero-order chi connectivity index (χ0) is 24.5. The van der Waals surface area contributed by atoms with Crippen LogP contribution in [0.25, 0.3) is 11.2 Å². The van der Waals surface area contributed by atoms with Crippen LogP contribution in [0.15, 0.2) is 23.4 Å². The summed E-state index contributed by atoms with van der Waals surface area (Å²) in [5.74, 6) is -0.538. The summed E-state index contributed by atoms with van der Waals surface area (Å²) >= 11 is 1.49. The summed E-state index contributed by atoms with van der Waals surface area (Å²) in [6, 6.07) is 3.38. The molecule has 0 aliphatic heterocycles. The van der Waals surface area contributed by atoms with Gasteiger partial charge < -0.3 is 20.6 Å². The Bertz CT molecular complexity index is 1290. The average Bonchev–Trinajstić information content (AvgIpc) is 3.72. The topological polar surface area (TPSA) is 129 Å².